The Hall–Kier alpha value is -2.24. The summed E-state index contributed by atoms with van der Waals surface area (Å²) in [6.45, 7) is 0.562. The molecule has 1 aromatic rings. The molecule has 1 heterocycles. The number of hydrogen-bond donors (Lipinski definition) is 2. The lowest BCUT2D eigenvalue weighted by molar-refractivity contribution is -0.128. The Kier molecular flexibility index (Phi) is 5.69. The van der Waals surface area contributed by atoms with Crippen molar-refractivity contribution >= 4 is 11.9 Å². The monoisotopic (exact) mass is 358 g/mol. The van der Waals surface area contributed by atoms with Crippen molar-refractivity contribution in [3.05, 3.63) is 29.8 Å². The number of nitrogens with zero attached hydrogens (tertiary/aromatic N) is 2. The molecule has 0 radical (unpaired) electrons. The topological polar surface area (TPSA) is 66.0 Å². The van der Waals surface area contributed by atoms with E-state index in [2.05, 4.69) is 33.8 Å². The molecule has 142 valence electrons. The van der Waals surface area contributed by atoms with Crippen LogP contribution in [0.1, 0.15) is 50.1 Å². The van der Waals surface area contributed by atoms with Crippen LogP contribution < -0.4 is 15.4 Å². The summed E-state index contributed by atoms with van der Waals surface area (Å²) in [4.78, 5) is 17.7. The second-order valence-electron chi connectivity index (χ2n) is 7.47. The summed E-state index contributed by atoms with van der Waals surface area (Å²) in [5.74, 6) is 1.82. The van der Waals surface area contributed by atoms with Crippen LogP contribution in [0.3, 0.4) is 0 Å². The average Bonchev–Trinajstić information content (AvgIpc) is 3.07. The fraction of sp³-hybridized carbons (Fsp3) is 0.600. The van der Waals surface area contributed by atoms with Gasteiger partial charge in [-0.05, 0) is 31.7 Å². The number of hydrogen-bond acceptors (Lipinski definition) is 3. The molecule has 0 aromatic heterocycles. The van der Waals surface area contributed by atoms with Crippen LogP contribution in [-0.2, 0) is 4.79 Å². The van der Waals surface area contributed by atoms with E-state index in [4.69, 9.17) is 4.74 Å². The first-order chi connectivity index (χ1) is 12.5. The first-order valence-electron chi connectivity index (χ1n) is 9.48. The Morgan fingerprint density at radius 3 is 2.73 bits per heavy atom. The molecule has 0 bridgehead atoms. The SMILES string of the molecule is CN=C(NCCC(=O)N(C)C)NC1CC2(CCCC2)Oc2ccccc21. The Morgan fingerprint density at radius 2 is 2.04 bits per heavy atom. The summed E-state index contributed by atoms with van der Waals surface area (Å²) >= 11 is 0. The lowest BCUT2D eigenvalue weighted by Crippen LogP contribution is -2.47. The molecule has 1 saturated carbocycles. The molecule has 6 nitrogen and oxygen atoms in total. The number of fused-ring (bicyclic) bond motifs is 1. The second-order valence-corrected chi connectivity index (χ2v) is 7.47. The van der Waals surface area contributed by atoms with Crippen molar-refractivity contribution in [3.63, 3.8) is 0 Å². The van der Waals surface area contributed by atoms with Crippen molar-refractivity contribution in [2.75, 3.05) is 27.7 Å². The molecular formula is C20H30N4O2. The Balaban J connectivity index is 1.67. The van der Waals surface area contributed by atoms with Crippen molar-refractivity contribution in [1.82, 2.24) is 15.5 Å². The van der Waals surface area contributed by atoms with Gasteiger partial charge >= 0.3 is 0 Å². The van der Waals surface area contributed by atoms with E-state index in [1.807, 2.05) is 6.07 Å². The maximum absolute atomic E-state index is 11.7. The van der Waals surface area contributed by atoms with Crippen LogP contribution in [0.4, 0.5) is 0 Å². The highest BCUT2D eigenvalue weighted by molar-refractivity contribution is 5.81. The molecule has 1 aliphatic heterocycles. The Labute approximate surface area is 156 Å². The number of guanidine groups is 1. The van der Waals surface area contributed by atoms with E-state index in [9.17, 15) is 4.79 Å². The zero-order valence-electron chi connectivity index (χ0n) is 16.0. The third kappa shape index (κ3) is 4.11. The molecule has 1 amide bonds. The van der Waals surface area contributed by atoms with Crippen LogP contribution in [0, 0.1) is 0 Å². The van der Waals surface area contributed by atoms with Gasteiger partial charge in [0.15, 0.2) is 5.96 Å². The van der Waals surface area contributed by atoms with Crippen molar-refractivity contribution in [1.29, 1.82) is 0 Å². The van der Waals surface area contributed by atoms with E-state index >= 15 is 0 Å². The summed E-state index contributed by atoms with van der Waals surface area (Å²) in [6.07, 6.45) is 6.08. The number of para-hydroxylation sites is 1. The van der Waals surface area contributed by atoms with Gasteiger partial charge in [0.2, 0.25) is 5.91 Å². The van der Waals surface area contributed by atoms with Gasteiger partial charge in [-0.25, -0.2) is 0 Å². The molecule has 6 heteroatoms. The van der Waals surface area contributed by atoms with Crippen molar-refractivity contribution in [2.24, 2.45) is 4.99 Å². The highest BCUT2D eigenvalue weighted by atomic mass is 16.5. The summed E-state index contributed by atoms with van der Waals surface area (Å²) in [7, 11) is 5.31. The lowest BCUT2D eigenvalue weighted by atomic mass is 9.86. The summed E-state index contributed by atoms with van der Waals surface area (Å²) < 4.78 is 6.41. The molecule has 1 spiro atoms. The molecule has 2 N–H and O–H groups in total. The standard InChI is InChI=1S/C20H30N4O2/c1-21-19(22-13-10-18(25)24(2)3)23-16-14-20(11-6-7-12-20)26-17-9-5-4-8-15(16)17/h4-5,8-9,16H,6-7,10-14H2,1-3H3,(H2,21,22,23). The van der Waals surface area contributed by atoms with Gasteiger partial charge < -0.3 is 20.3 Å². The van der Waals surface area contributed by atoms with E-state index < -0.39 is 0 Å². The van der Waals surface area contributed by atoms with Crippen molar-refractivity contribution in [2.45, 2.75) is 50.2 Å². The quantitative estimate of drug-likeness (QED) is 0.641. The predicted octanol–water partition coefficient (Wildman–Crippen LogP) is 2.47. The summed E-state index contributed by atoms with van der Waals surface area (Å²) in [5.41, 5.74) is 1.13. The number of rotatable bonds is 4. The highest BCUT2D eigenvalue weighted by Crippen LogP contribution is 2.46. The molecule has 26 heavy (non-hydrogen) atoms. The fourth-order valence-electron chi connectivity index (χ4n) is 3.94. The van der Waals surface area contributed by atoms with E-state index in [0.29, 0.717) is 13.0 Å². The molecule has 1 atom stereocenters. The number of amides is 1. The molecule has 3 rings (SSSR count). The minimum absolute atomic E-state index is 0.0498. The van der Waals surface area contributed by atoms with Crippen LogP contribution in [0.25, 0.3) is 0 Å². The van der Waals surface area contributed by atoms with Crippen LogP contribution in [0.15, 0.2) is 29.3 Å². The number of nitrogens with one attached hydrogen (secondary N) is 2. The third-order valence-corrected chi connectivity index (χ3v) is 5.38. The number of ether oxygens (including phenoxy) is 1. The van der Waals surface area contributed by atoms with Gasteiger partial charge in [-0.1, -0.05) is 18.2 Å². The van der Waals surface area contributed by atoms with Gasteiger partial charge in [-0.2, -0.15) is 0 Å². The zero-order valence-corrected chi connectivity index (χ0v) is 16.0. The van der Waals surface area contributed by atoms with E-state index in [0.717, 1.165) is 31.0 Å². The van der Waals surface area contributed by atoms with Gasteiger partial charge in [-0.15, -0.1) is 0 Å². The maximum Gasteiger partial charge on any atom is 0.223 e. The third-order valence-electron chi connectivity index (χ3n) is 5.38. The van der Waals surface area contributed by atoms with Crippen LogP contribution in [-0.4, -0.2) is 50.1 Å². The fourth-order valence-corrected chi connectivity index (χ4v) is 3.94. The average molecular weight is 358 g/mol. The van der Waals surface area contributed by atoms with Gasteiger partial charge in [-0.3, -0.25) is 9.79 Å². The van der Waals surface area contributed by atoms with Gasteiger partial charge in [0.25, 0.3) is 0 Å². The molecule has 1 unspecified atom stereocenters. The number of carbonyl (C=O) groups is 1. The van der Waals surface area contributed by atoms with Crippen molar-refractivity contribution in [3.8, 4) is 5.75 Å². The first kappa shape index (κ1) is 18.5. The van der Waals surface area contributed by atoms with Crippen LogP contribution in [0.2, 0.25) is 0 Å². The van der Waals surface area contributed by atoms with E-state index in [1.165, 1.54) is 18.4 Å². The van der Waals surface area contributed by atoms with Crippen molar-refractivity contribution < 1.29 is 9.53 Å². The van der Waals surface area contributed by atoms with Crippen LogP contribution in [0.5, 0.6) is 5.75 Å². The smallest absolute Gasteiger partial charge is 0.223 e. The minimum atomic E-state index is -0.0498. The normalized spacial score (nSPS) is 21.0. The highest BCUT2D eigenvalue weighted by Gasteiger charge is 2.43. The Bertz CT molecular complexity index is 666. The zero-order chi connectivity index (χ0) is 18.6. The lowest BCUT2D eigenvalue weighted by Gasteiger charge is -2.40. The molecule has 1 aromatic carbocycles. The summed E-state index contributed by atoms with van der Waals surface area (Å²) in [5, 5.41) is 6.81. The minimum Gasteiger partial charge on any atom is -0.487 e. The molecule has 0 saturated heterocycles. The second kappa shape index (κ2) is 7.98. The molecule has 1 fully saturated rings. The Morgan fingerprint density at radius 1 is 1.31 bits per heavy atom. The van der Waals surface area contributed by atoms with Gasteiger partial charge in [0, 0.05) is 46.1 Å². The predicted molar refractivity (Wildman–Crippen MR) is 103 cm³/mol. The van der Waals surface area contributed by atoms with E-state index in [-0.39, 0.29) is 17.6 Å². The molecular weight excluding hydrogens is 328 g/mol. The van der Waals surface area contributed by atoms with Crippen LogP contribution >= 0.6 is 0 Å². The largest absolute Gasteiger partial charge is 0.487 e. The first-order valence-corrected chi connectivity index (χ1v) is 9.48. The molecule has 1 aliphatic carbocycles. The number of aliphatic imine (C=N–C) groups is 1. The van der Waals surface area contributed by atoms with Gasteiger partial charge in [0.05, 0.1) is 6.04 Å². The summed E-state index contributed by atoms with van der Waals surface area (Å²) in [6, 6.07) is 8.43. The number of carbonyl (C=O) groups excluding carboxylic acids is 1. The van der Waals surface area contributed by atoms with E-state index in [1.54, 1.807) is 26.0 Å². The van der Waals surface area contributed by atoms with Gasteiger partial charge in [0.1, 0.15) is 11.4 Å². The molecule has 2 aliphatic rings. The number of benzene rings is 1. The maximum atomic E-state index is 11.7.